The molecular formula is C25H35O3Si. The molecule has 2 aromatic carbocycles. The van der Waals surface area contributed by atoms with Crippen LogP contribution < -0.4 is 0 Å². The summed E-state index contributed by atoms with van der Waals surface area (Å²) in [4.78, 5) is 0. The van der Waals surface area contributed by atoms with Crippen LogP contribution in [0.3, 0.4) is 0 Å². The van der Waals surface area contributed by atoms with Crippen LogP contribution in [-0.2, 0) is 22.2 Å². The zero-order valence-electron chi connectivity index (χ0n) is 18.7. The fourth-order valence-corrected chi connectivity index (χ4v) is 4.34. The SMILES string of the molecule is Cc1ccccc1CC(COCc1ccccc1)C(C)(O)C(C)(O[Si])C(C)(C)C. The molecule has 4 heteroatoms. The molecule has 0 heterocycles. The third-order valence-corrected chi connectivity index (χ3v) is 6.96. The van der Waals surface area contributed by atoms with E-state index in [9.17, 15) is 5.11 Å². The van der Waals surface area contributed by atoms with E-state index >= 15 is 0 Å². The highest BCUT2D eigenvalue weighted by Gasteiger charge is 2.55. The molecule has 0 spiro atoms. The van der Waals surface area contributed by atoms with Crippen LogP contribution in [0.4, 0.5) is 0 Å². The van der Waals surface area contributed by atoms with Gasteiger partial charge in [0.1, 0.15) is 0 Å². The van der Waals surface area contributed by atoms with Crippen LogP contribution in [0.5, 0.6) is 0 Å². The minimum atomic E-state index is -1.15. The van der Waals surface area contributed by atoms with Crippen molar-refractivity contribution in [2.45, 2.75) is 65.8 Å². The molecule has 0 bridgehead atoms. The number of ether oxygens (including phenoxy) is 1. The van der Waals surface area contributed by atoms with Gasteiger partial charge in [-0.25, -0.2) is 0 Å². The molecule has 0 saturated heterocycles. The monoisotopic (exact) mass is 411 g/mol. The van der Waals surface area contributed by atoms with E-state index < -0.39 is 11.2 Å². The van der Waals surface area contributed by atoms with Crippen molar-refractivity contribution in [1.82, 2.24) is 0 Å². The Balaban J connectivity index is 2.30. The first-order chi connectivity index (χ1) is 13.5. The van der Waals surface area contributed by atoms with E-state index in [1.54, 1.807) is 0 Å². The van der Waals surface area contributed by atoms with Crippen LogP contribution in [-0.4, -0.2) is 33.4 Å². The molecule has 3 nitrogen and oxygen atoms in total. The Labute approximate surface area is 180 Å². The number of hydrogen-bond donors (Lipinski definition) is 1. The first-order valence-electron chi connectivity index (χ1n) is 10.3. The molecule has 0 amide bonds. The van der Waals surface area contributed by atoms with E-state index in [0.29, 0.717) is 19.6 Å². The lowest BCUT2D eigenvalue weighted by Gasteiger charge is -2.53. The van der Waals surface area contributed by atoms with E-state index in [2.05, 4.69) is 62.4 Å². The normalized spacial score (nSPS) is 17.4. The van der Waals surface area contributed by atoms with Gasteiger partial charge in [-0.2, -0.15) is 0 Å². The second kappa shape index (κ2) is 9.56. The zero-order chi connectivity index (χ0) is 21.7. The maximum Gasteiger partial charge on any atom is 0.247 e. The molecule has 2 aromatic rings. The van der Waals surface area contributed by atoms with Gasteiger partial charge in [-0.15, -0.1) is 0 Å². The fraction of sp³-hybridized carbons (Fsp3) is 0.520. The predicted molar refractivity (Wildman–Crippen MR) is 120 cm³/mol. The average Bonchev–Trinajstić information content (AvgIpc) is 2.67. The van der Waals surface area contributed by atoms with Crippen LogP contribution in [0.1, 0.15) is 51.3 Å². The summed E-state index contributed by atoms with van der Waals surface area (Å²) in [6, 6.07) is 18.4. The van der Waals surface area contributed by atoms with Gasteiger partial charge in [0.2, 0.25) is 10.5 Å². The number of aliphatic hydroxyl groups is 1. The Hall–Kier alpha value is -1.46. The third-order valence-electron chi connectivity index (χ3n) is 6.55. The molecule has 2 rings (SSSR count). The lowest BCUT2D eigenvalue weighted by Crippen LogP contribution is -2.64. The van der Waals surface area contributed by atoms with Gasteiger partial charge in [0.15, 0.2) is 0 Å². The molecule has 1 N–H and O–H groups in total. The molecule has 3 radical (unpaired) electrons. The van der Waals surface area contributed by atoms with Crippen LogP contribution in [0.25, 0.3) is 0 Å². The largest absolute Gasteiger partial charge is 0.410 e. The summed E-state index contributed by atoms with van der Waals surface area (Å²) in [6.45, 7) is 13.1. The van der Waals surface area contributed by atoms with Crippen LogP contribution in [0, 0.1) is 18.3 Å². The highest BCUT2D eigenvalue weighted by molar-refractivity contribution is 5.98. The summed E-state index contributed by atoms with van der Waals surface area (Å²) in [7, 11) is 3.27. The average molecular weight is 412 g/mol. The number of hydrogen-bond acceptors (Lipinski definition) is 3. The van der Waals surface area contributed by atoms with E-state index in [4.69, 9.17) is 9.16 Å². The molecule has 3 unspecified atom stereocenters. The summed E-state index contributed by atoms with van der Waals surface area (Å²) in [6.07, 6.45) is 0.704. The Morgan fingerprint density at radius 1 is 0.931 bits per heavy atom. The number of benzene rings is 2. The van der Waals surface area contributed by atoms with Crippen molar-refractivity contribution in [3.63, 3.8) is 0 Å². The van der Waals surface area contributed by atoms with Crippen molar-refractivity contribution in [1.29, 1.82) is 0 Å². The molecule has 0 aromatic heterocycles. The first-order valence-corrected chi connectivity index (χ1v) is 10.7. The van der Waals surface area contributed by atoms with Gasteiger partial charge in [-0.3, -0.25) is 0 Å². The fourth-order valence-electron chi connectivity index (χ4n) is 3.82. The highest BCUT2D eigenvalue weighted by Crippen LogP contribution is 2.45. The molecule has 0 aliphatic carbocycles. The van der Waals surface area contributed by atoms with Gasteiger partial charge in [-0.05, 0) is 49.3 Å². The molecule has 0 saturated carbocycles. The molecule has 3 atom stereocenters. The van der Waals surface area contributed by atoms with E-state index in [1.807, 2.05) is 44.2 Å². The Morgan fingerprint density at radius 2 is 1.52 bits per heavy atom. The summed E-state index contributed by atoms with van der Waals surface area (Å²) < 4.78 is 11.9. The summed E-state index contributed by atoms with van der Waals surface area (Å²) in [5.74, 6) is -0.159. The minimum Gasteiger partial charge on any atom is -0.410 e. The molecule has 29 heavy (non-hydrogen) atoms. The van der Waals surface area contributed by atoms with Crippen molar-refractivity contribution in [2.24, 2.45) is 11.3 Å². The van der Waals surface area contributed by atoms with Gasteiger partial charge in [-0.1, -0.05) is 75.4 Å². The van der Waals surface area contributed by atoms with Crippen molar-refractivity contribution in [3.05, 3.63) is 71.3 Å². The van der Waals surface area contributed by atoms with Crippen molar-refractivity contribution < 1.29 is 14.3 Å². The van der Waals surface area contributed by atoms with Crippen LogP contribution >= 0.6 is 0 Å². The standard InChI is InChI=1S/C25H35O3Si/c1-19-12-10-11-15-21(19)16-22(18-27-17-20-13-8-7-9-14-20)24(5,26)25(6,28-29)23(2,3)4/h7-15,22,26H,16-18H2,1-6H3. The lowest BCUT2D eigenvalue weighted by atomic mass is 9.63. The van der Waals surface area contributed by atoms with Gasteiger partial charge in [0, 0.05) is 5.92 Å². The molecule has 0 aliphatic heterocycles. The van der Waals surface area contributed by atoms with Gasteiger partial charge >= 0.3 is 0 Å². The Kier molecular flexibility index (Phi) is 7.85. The van der Waals surface area contributed by atoms with Gasteiger partial charge in [0.25, 0.3) is 0 Å². The van der Waals surface area contributed by atoms with Crippen molar-refractivity contribution in [2.75, 3.05) is 6.61 Å². The number of rotatable bonds is 9. The van der Waals surface area contributed by atoms with E-state index in [0.717, 1.165) is 5.56 Å². The topological polar surface area (TPSA) is 38.7 Å². The summed E-state index contributed by atoms with van der Waals surface area (Å²) >= 11 is 0. The quantitative estimate of drug-likeness (QED) is 0.589. The van der Waals surface area contributed by atoms with E-state index in [1.165, 1.54) is 11.1 Å². The van der Waals surface area contributed by atoms with Gasteiger partial charge < -0.3 is 14.3 Å². The zero-order valence-corrected chi connectivity index (χ0v) is 19.7. The molecule has 157 valence electrons. The maximum atomic E-state index is 11.8. The minimum absolute atomic E-state index is 0.159. The highest BCUT2D eigenvalue weighted by atomic mass is 28.2. The Morgan fingerprint density at radius 3 is 2.07 bits per heavy atom. The van der Waals surface area contributed by atoms with Crippen molar-refractivity contribution >= 4 is 10.5 Å². The van der Waals surface area contributed by atoms with Crippen molar-refractivity contribution in [3.8, 4) is 0 Å². The molecule has 0 aliphatic rings. The van der Waals surface area contributed by atoms with E-state index in [-0.39, 0.29) is 11.3 Å². The molecule has 0 fully saturated rings. The Bertz CT molecular complexity index is 767. The predicted octanol–water partition coefficient (Wildman–Crippen LogP) is 5.03. The van der Waals surface area contributed by atoms with Gasteiger partial charge in [0.05, 0.1) is 24.4 Å². The summed E-state index contributed by atoms with van der Waals surface area (Å²) in [5.41, 5.74) is 1.27. The second-order valence-corrected chi connectivity index (χ2v) is 9.57. The first kappa shape index (κ1) is 23.8. The lowest BCUT2D eigenvalue weighted by molar-refractivity contribution is -0.201. The third kappa shape index (κ3) is 5.37. The molecular weight excluding hydrogens is 376 g/mol. The maximum absolute atomic E-state index is 11.8. The van der Waals surface area contributed by atoms with Crippen LogP contribution in [0.15, 0.2) is 54.6 Å². The smallest absolute Gasteiger partial charge is 0.247 e. The van der Waals surface area contributed by atoms with Crippen LogP contribution in [0.2, 0.25) is 0 Å². The number of aryl methyl sites for hydroxylation is 1. The second-order valence-electron chi connectivity index (χ2n) is 9.36. The summed E-state index contributed by atoms with van der Waals surface area (Å²) in [5, 5.41) is 11.8.